The van der Waals surface area contributed by atoms with E-state index in [2.05, 4.69) is 20.8 Å². The van der Waals surface area contributed by atoms with Crippen molar-refractivity contribution in [2.24, 2.45) is 23.7 Å². The topological polar surface area (TPSA) is 66.8 Å². The highest BCUT2D eigenvalue weighted by Gasteiger charge is 2.56. The van der Waals surface area contributed by atoms with E-state index in [4.69, 9.17) is 4.74 Å². The van der Waals surface area contributed by atoms with Gasteiger partial charge in [-0.3, -0.25) is 14.5 Å². The van der Waals surface area contributed by atoms with Gasteiger partial charge in [-0.05, 0) is 43.7 Å². The molecule has 0 saturated carbocycles. The average Bonchev–Trinajstić information content (AvgIpc) is 3.23. The molecule has 4 rings (SSSR count). The molecule has 2 fully saturated rings. The van der Waals surface area contributed by atoms with Crippen molar-refractivity contribution in [1.82, 2.24) is 4.90 Å². The van der Waals surface area contributed by atoms with E-state index in [9.17, 15) is 14.7 Å². The van der Waals surface area contributed by atoms with Crippen LogP contribution in [0.15, 0.2) is 41.0 Å². The molecule has 2 saturated heterocycles. The highest BCUT2D eigenvalue weighted by molar-refractivity contribution is 6.05. The van der Waals surface area contributed by atoms with Crippen molar-refractivity contribution in [2.75, 3.05) is 13.7 Å². The predicted molar refractivity (Wildman–Crippen MR) is 115 cm³/mol. The van der Waals surface area contributed by atoms with Crippen molar-refractivity contribution in [3.8, 4) is 5.75 Å². The van der Waals surface area contributed by atoms with Crippen LogP contribution in [0.1, 0.15) is 45.6 Å². The number of nitrogens with zero attached hydrogens (tertiary/aromatic N) is 1. The molecule has 2 amide bonds. The van der Waals surface area contributed by atoms with Crippen LogP contribution in [0.5, 0.6) is 5.75 Å². The molecule has 0 radical (unpaired) electrons. The highest BCUT2D eigenvalue weighted by atomic mass is 16.5. The van der Waals surface area contributed by atoms with E-state index >= 15 is 0 Å². The molecule has 2 aliphatic heterocycles. The maximum atomic E-state index is 12.8. The quantitative estimate of drug-likeness (QED) is 0.585. The minimum absolute atomic E-state index is 0.00474. The van der Waals surface area contributed by atoms with Gasteiger partial charge in [-0.25, -0.2) is 0 Å². The van der Waals surface area contributed by atoms with Gasteiger partial charge in [0.2, 0.25) is 11.8 Å². The fourth-order valence-electron chi connectivity index (χ4n) is 5.42. The minimum atomic E-state index is -0.261. The fraction of sp³-hybridized carbons (Fsp3) is 0.520. The zero-order valence-corrected chi connectivity index (χ0v) is 18.2. The molecule has 2 heterocycles. The van der Waals surface area contributed by atoms with E-state index in [1.807, 2.05) is 24.3 Å². The molecule has 4 atom stereocenters. The second-order valence-corrected chi connectivity index (χ2v) is 9.22. The lowest BCUT2D eigenvalue weighted by molar-refractivity contribution is -0.138. The number of imide groups is 1. The standard InChI is InChI=1S/C25H31NO4/c1-14(2)17-12-18-23(25(29)26(4)24(18)28)19-13-30-21(22(17)19)10-9-15(3)11-16-7-5-6-8-20(16)27/h5-8,11,14,18-19,21,23,27H,9-10,12-13H2,1-4H3/b15-11+/t18-,19+,21-,23-/m1/s1. The summed E-state index contributed by atoms with van der Waals surface area (Å²) in [6.45, 7) is 6.93. The van der Waals surface area contributed by atoms with Crippen LogP contribution in [0.25, 0.3) is 6.08 Å². The van der Waals surface area contributed by atoms with E-state index in [1.54, 1.807) is 13.1 Å². The molecule has 1 aromatic rings. The molecule has 0 bridgehead atoms. The number of likely N-dealkylation sites (tertiary alicyclic amines) is 1. The number of aromatic hydroxyl groups is 1. The largest absolute Gasteiger partial charge is 0.507 e. The van der Waals surface area contributed by atoms with Crippen LogP contribution in [-0.4, -0.2) is 41.6 Å². The molecular weight excluding hydrogens is 378 g/mol. The fourth-order valence-corrected chi connectivity index (χ4v) is 5.42. The molecule has 30 heavy (non-hydrogen) atoms. The molecule has 5 heteroatoms. The lowest BCUT2D eigenvalue weighted by Gasteiger charge is -2.33. The third-order valence-electron chi connectivity index (χ3n) is 7.00. The average molecular weight is 410 g/mol. The number of phenols is 1. The molecule has 0 spiro atoms. The molecule has 1 N–H and O–H groups in total. The SMILES string of the molecule is C/C(=C\c1ccccc1O)CC[C@H]1OC[C@H]2C1=C(C(C)C)C[C@H]1C(=O)N(C)C(=O)[C@H]12. The van der Waals surface area contributed by atoms with Crippen molar-refractivity contribution in [1.29, 1.82) is 0 Å². The number of benzene rings is 1. The number of hydrogen-bond acceptors (Lipinski definition) is 4. The highest BCUT2D eigenvalue weighted by Crippen LogP contribution is 2.51. The molecule has 1 aliphatic carbocycles. The molecule has 5 nitrogen and oxygen atoms in total. The maximum absolute atomic E-state index is 12.8. The van der Waals surface area contributed by atoms with Crippen molar-refractivity contribution in [3.63, 3.8) is 0 Å². The van der Waals surface area contributed by atoms with E-state index in [1.165, 1.54) is 21.6 Å². The molecular formula is C25H31NO4. The third kappa shape index (κ3) is 3.49. The predicted octanol–water partition coefficient (Wildman–Crippen LogP) is 4.18. The van der Waals surface area contributed by atoms with Gasteiger partial charge in [0.25, 0.3) is 0 Å². The second kappa shape index (κ2) is 8.03. The molecule has 160 valence electrons. The van der Waals surface area contributed by atoms with Crippen molar-refractivity contribution in [3.05, 3.63) is 46.5 Å². The second-order valence-electron chi connectivity index (χ2n) is 9.22. The number of hydrogen-bond donors (Lipinski definition) is 1. The number of phenolic OH excluding ortho intramolecular Hbond substituents is 1. The Hall–Kier alpha value is -2.40. The first kappa shape index (κ1) is 20.9. The Bertz CT molecular complexity index is 929. The summed E-state index contributed by atoms with van der Waals surface area (Å²) in [7, 11) is 1.61. The Balaban J connectivity index is 1.55. The van der Waals surface area contributed by atoms with Crippen LogP contribution in [-0.2, 0) is 14.3 Å². The number of rotatable bonds is 5. The summed E-state index contributed by atoms with van der Waals surface area (Å²) in [5.41, 5.74) is 4.58. The lowest BCUT2D eigenvalue weighted by Crippen LogP contribution is -2.34. The van der Waals surface area contributed by atoms with Crippen molar-refractivity contribution >= 4 is 17.9 Å². The number of ether oxygens (including phenoxy) is 1. The van der Waals surface area contributed by atoms with Gasteiger partial charge in [0, 0.05) is 18.5 Å². The van der Waals surface area contributed by atoms with Crippen LogP contribution in [0, 0.1) is 23.7 Å². The van der Waals surface area contributed by atoms with Gasteiger partial charge in [0.15, 0.2) is 0 Å². The molecule has 0 unspecified atom stereocenters. The number of carbonyl (C=O) groups excluding carboxylic acids is 2. The van der Waals surface area contributed by atoms with E-state index < -0.39 is 0 Å². The molecule has 3 aliphatic rings. The normalized spacial score (nSPS) is 29.1. The summed E-state index contributed by atoms with van der Waals surface area (Å²) < 4.78 is 6.22. The van der Waals surface area contributed by atoms with Gasteiger partial charge in [-0.15, -0.1) is 0 Å². The van der Waals surface area contributed by atoms with Crippen LogP contribution >= 0.6 is 0 Å². The van der Waals surface area contributed by atoms with E-state index in [-0.39, 0.29) is 41.4 Å². The number of para-hydroxylation sites is 1. The van der Waals surface area contributed by atoms with Gasteiger partial charge in [-0.2, -0.15) is 0 Å². The summed E-state index contributed by atoms with van der Waals surface area (Å²) >= 11 is 0. The van der Waals surface area contributed by atoms with Gasteiger partial charge >= 0.3 is 0 Å². The first-order valence-electron chi connectivity index (χ1n) is 10.9. The lowest BCUT2D eigenvalue weighted by atomic mass is 9.67. The van der Waals surface area contributed by atoms with E-state index in [0.29, 0.717) is 18.9 Å². The Labute approximate surface area is 178 Å². The number of carbonyl (C=O) groups is 2. The smallest absolute Gasteiger partial charge is 0.233 e. The summed E-state index contributed by atoms with van der Waals surface area (Å²) in [5.74, 6) is 0.0731. The summed E-state index contributed by atoms with van der Waals surface area (Å²) in [4.78, 5) is 26.7. The van der Waals surface area contributed by atoms with Crippen molar-refractivity contribution in [2.45, 2.75) is 46.1 Å². The molecule has 1 aromatic carbocycles. The number of amides is 2. The first-order chi connectivity index (χ1) is 14.3. The Morgan fingerprint density at radius 1 is 1.23 bits per heavy atom. The third-order valence-corrected chi connectivity index (χ3v) is 7.00. The van der Waals surface area contributed by atoms with Crippen LogP contribution < -0.4 is 0 Å². The van der Waals surface area contributed by atoms with Crippen molar-refractivity contribution < 1.29 is 19.4 Å². The summed E-state index contributed by atoms with van der Waals surface area (Å²) in [5, 5.41) is 10.0. The Morgan fingerprint density at radius 3 is 2.67 bits per heavy atom. The van der Waals surface area contributed by atoms with Gasteiger partial charge in [0.05, 0.1) is 24.5 Å². The monoisotopic (exact) mass is 409 g/mol. The Morgan fingerprint density at radius 2 is 1.97 bits per heavy atom. The van der Waals surface area contributed by atoms with Gasteiger partial charge in [-0.1, -0.05) is 49.3 Å². The Kier molecular flexibility index (Phi) is 5.58. The number of allylic oxidation sites excluding steroid dienone is 2. The van der Waals surface area contributed by atoms with Crippen LogP contribution in [0.4, 0.5) is 0 Å². The zero-order chi connectivity index (χ0) is 21.6. The van der Waals surface area contributed by atoms with Crippen LogP contribution in [0.3, 0.4) is 0 Å². The zero-order valence-electron chi connectivity index (χ0n) is 18.2. The molecule has 0 aromatic heterocycles. The summed E-state index contributed by atoms with van der Waals surface area (Å²) in [6.07, 6.45) is 4.38. The van der Waals surface area contributed by atoms with E-state index in [0.717, 1.165) is 18.4 Å². The number of fused-ring (bicyclic) bond motifs is 3. The minimum Gasteiger partial charge on any atom is -0.507 e. The van der Waals surface area contributed by atoms with Crippen LogP contribution in [0.2, 0.25) is 0 Å². The first-order valence-corrected chi connectivity index (χ1v) is 10.9. The van der Waals surface area contributed by atoms with Gasteiger partial charge < -0.3 is 9.84 Å². The summed E-state index contributed by atoms with van der Waals surface area (Å²) in [6, 6.07) is 7.33. The maximum Gasteiger partial charge on any atom is 0.233 e. The van der Waals surface area contributed by atoms with Gasteiger partial charge in [0.1, 0.15) is 5.75 Å².